The maximum Gasteiger partial charge on any atom is 0.0981 e. The van der Waals surface area contributed by atoms with Gasteiger partial charge in [-0.05, 0) is 29.7 Å². The van der Waals surface area contributed by atoms with Crippen LogP contribution < -0.4 is 5.32 Å². The van der Waals surface area contributed by atoms with Gasteiger partial charge in [-0.2, -0.15) is 0 Å². The molecule has 1 N–H and O–H groups in total. The van der Waals surface area contributed by atoms with Crippen LogP contribution in [-0.4, -0.2) is 32.5 Å². The van der Waals surface area contributed by atoms with Gasteiger partial charge in [0.05, 0.1) is 19.3 Å². The summed E-state index contributed by atoms with van der Waals surface area (Å²) in [6, 6.07) is 8.66. The molecule has 0 spiro atoms. The van der Waals surface area contributed by atoms with Crippen LogP contribution in [0.1, 0.15) is 17.9 Å². The number of hydrogen-bond donors (Lipinski definition) is 1. The Bertz CT molecular complexity index is 423. The predicted octanol–water partition coefficient (Wildman–Crippen LogP) is 2.56. The van der Waals surface area contributed by atoms with E-state index in [9.17, 15) is 0 Å². The molecular formula is C15H19NO2. The number of hydrogen-bond acceptors (Lipinski definition) is 3. The molecule has 2 aliphatic heterocycles. The van der Waals surface area contributed by atoms with E-state index < -0.39 is 0 Å². The summed E-state index contributed by atoms with van der Waals surface area (Å²) in [6.45, 7) is 7.44. The highest BCUT2D eigenvalue weighted by atomic mass is 16.6. The minimum absolute atomic E-state index is 0.417. The first-order valence-corrected chi connectivity index (χ1v) is 6.54. The molecule has 0 bridgehead atoms. The SMILES string of the molecule is C=C1COCCC1c1ccc(NC[C@@H]2CO2)cc1. The van der Waals surface area contributed by atoms with Gasteiger partial charge >= 0.3 is 0 Å². The molecule has 96 valence electrons. The summed E-state index contributed by atoms with van der Waals surface area (Å²) in [5.41, 5.74) is 3.69. The van der Waals surface area contributed by atoms with Gasteiger partial charge in [0.25, 0.3) is 0 Å². The highest BCUT2D eigenvalue weighted by Gasteiger charge is 2.22. The zero-order valence-electron chi connectivity index (χ0n) is 10.5. The van der Waals surface area contributed by atoms with Gasteiger partial charge in [0.15, 0.2) is 0 Å². The average molecular weight is 245 g/mol. The van der Waals surface area contributed by atoms with Crippen LogP contribution in [-0.2, 0) is 9.47 Å². The van der Waals surface area contributed by atoms with Crippen molar-refractivity contribution in [3.8, 4) is 0 Å². The zero-order chi connectivity index (χ0) is 12.4. The standard InChI is InChI=1S/C15H19NO2/c1-11-9-17-7-6-15(11)12-2-4-13(5-3-12)16-8-14-10-18-14/h2-5,14-16H,1,6-10H2/t14-,15?/m1/s1. The highest BCUT2D eigenvalue weighted by Crippen LogP contribution is 2.30. The molecule has 2 aliphatic rings. The van der Waals surface area contributed by atoms with Crippen LogP contribution in [0.25, 0.3) is 0 Å². The third-order valence-corrected chi connectivity index (χ3v) is 3.58. The van der Waals surface area contributed by atoms with Crippen LogP contribution >= 0.6 is 0 Å². The third-order valence-electron chi connectivity index (χ3n) is 3.58. The molecule has 0 aromatic heterocycles. The normalized spacial score (nSPS) is 27.0. The van der Waals surface area contributed by atoms with Gasteiger partial charge in [-0.3, -0.25) is 0 Å². The Kier molecular flexibility index (Phi) is 3.35. The predicted molar refractivity (Wildman–Crippen MR) is 72.0 cm³/mol. The van der Waals surface area contributed by atoms with Gasteiger partial charge in [-0.25, -0.2) is 0 Å². The first-order valence-electron chi connectivity index (χ1n) is 6.54. The summed E-state index contributed by atoms with van der Waals surface area (Å²) in [6.07, 6.45) is 1.46. The van der Waals surface area contributed by atoms with Gasteiger partial charge in [0, 0.05) is 24.8 Å². The van der Waals surface area contributed by atoms with E-state index in [2.05, 4.69) is 36.2 Å². The lowest BCUT2D eigenvalue weighted by atomic mass is 9.88. The van der Waals surface area contributed by atoms with Crippen molar-refractivity contribution in [2.75, 3.05) is 31.7 Å². The molecule has 2 saturated heterocycles. The molecule has 3 heteroatoms. The van der Waals surface area contributed by atoms with Crippen LogP contribution in [0.4, 0.5) is 5.69 Å². The molecule has 2 fully saturated rings. The first-order chi connectivity index (χ1) is 8.83. The van der Waals surface area contributed by atoms with Crippen LogP contribution in [0, 0.1) is 0 Å². The Labute approximate surface area is 108 Å². The van der Waals surface area contributed by atoms with E-state index in [1.165, 1.54) is 11.1 Å². The highest BCUT2D eigenvalue weighted by molar-refractivity contribution is 5.46. The lowest BCUT2D eigenvalue weighted by Gasteiger charge is -2.25. The van der Waals surface area contributed by atoms with E-state index in [0.29, 0.717) is 18.6 Å². The maximum atomic E-state index is 5.40. The molecular weight excluding hydrogens is 226 g/mol. The van der Waals surface area contributed by atoms with Gasteiger partial charge < -0.3 is 14.8 Å². The van der Waals surface area contributed by atoms with Crippen LogP contribution in [0.3, 0.4) is 0 Å². The van der Waals surface area contributed by atoms with Crippen molar-refractivity contribution in [1.29, 1.82) is 0 Å². The number of benzene rings is 1. The molecule has 3 nitrogen and oxygen atoms in total. The minimum atomic E-state index is 0.417. The Hall–Kier alpha value is -1.32. The van der Waals surface area contributed by atoms with Gasteiger partial charge in [-0.1, -0.05) is 18.7 Å². The van der Waals surface area contributed by atoms with E-state index in [1.54, 1.807) is 0 Å². The van der Waals surface area contributed by atoms with Crippen molar-refractivity contribution >= 4 is 5.69 Å². The fourth-order valence-electron chi connectivity index (χ4n) is 2.36. The molecule has 0 radical (unpaired) electrons. The van der Waals surface area contributed by atoms with E-state index in [-0.39, 0.29) is 0 Å². The van der Waals surface area contributed by atoms with Crippen molar-refractivity contribution in [2.24, 2.45) is 0 Å². The molecule has 1 aromatic carbocycles. The summed E-state index contributed by atoms with van der Waals surface area (Å²) in [7, 11) is 0. The van der Waals surface area contributed by atoms with E-state index in [1.807, 2.05) is 0 Å². The summed E-state index contributed by atoms with van der Waals surface area (Å²) in [5.74, 6) is 0.458. The van der Waals surface area contributed by atoms with Crippen LogP contribution in [0.5, 0.6) is 0 Å². The number of rotatable bonds is 4. The van der Waals surface area contributed by atoms with E-state index in [0.717, 1.165) is 31.9 Å². The van der Waals surface area contributed by atoms with Crippen molar-refractivity contribution in [1.82, 2.24) is 0 Å². The van der Waals surface area contributed by atoms with Crippen molar-refractivity contribution in [3.63, 3.8) is 0 Å². The lowest BCUT2D eigenvalue weighted by Crippen LogP contribution is -2.16. The van der Waals surface area contributed by atoms with E-state index in [4.69, 9.17) is 9.47 Å². The second-order valence-corrected chi connectivity index (χ2v) is 5.01. The lowest BCUT2D eigenvalue weighted by molar-refractivity contribution is 0.122. The maximum absolute atomic E-state index is 5.40. The number of epoxide rings is 1. The number of nitrogens with one attached hydrogen (secondary N) is 1. The molecule has 0 saturated carbocycles. The molecule has 0 amide bonds. The van der Waals surface area contributed by atoms with Crippen LogP contribution in [0.15, 0.2) is 36.4 Å². The van der Waals surface area contributed by atoms with Gasteiger partial charge in [0.2, 0.25) is 0 Å². The Balaban J connectivity index is 1.63. The largest absolute Gasteiger partial charge is 0.382 e. The topological polar surface area (TPSA) is 33.8 Å². The molecule has 2 heterocycles. The summed E-state index contributed by atoms with van der Waals surface area (Å²) in [4.78, 5) is 0. The third kappa shape index (κ3) is 2.74. The number of anilines is 1. The fourth-order valence-corrected chi connectivity index (χ4v) is 2.36. The second kappa shape index (κ2) is 5.12. The summed E-state index contributed by atoms with van der Waals surface area (Å²) in [5, 5.41) is 3.38. The Morgan fingerprint density at radius 2 is 2.06 bits per heavy atom. The molecule has 1 unspecified atom stereocenters. The van der Waals surface area contributed by atoms with Gasteiger partial charge in [0.1, 0.15) is 0 Å². The monoisotopic (exact) mass is 245 g/mol. The number of ether oxygens (including phenoxy) is 2. The molecule has 18 heavy (non-hydrogen) atoms. The van der Waals surface area contributed by atoms with Crippen molar-refractivity contribution < 1.29 is 9.47 Å². The van der Waals surface area contributed by atoms with E-state index >= 15 is 0 Å². The smallest absolute Gasteiger partial charge is 0.0981 e. The molecule has 0 aliphatic carbocycles. The quantitative estimate of drug-likeness (QED) is 0.654. The fraction of sp³-hybridized carbons (Fsp3) is 0.467. The molecule has 2 atom stereocenters. The minimum Gasteiger partial charge on any atom is -0.382 e. The molecule has 3 rings (SSSR count). The van der Waals surface area contributed by atoms with Crippen molar-refractivity contribution in [3.05, 3.63) is 42.0 Å². The Morgan fingerprint density at radius 3 is 2.72 bits per heavy atom. The first kappa shape index (κ1) is 11.8. The second-order valence-electron chi connectivity index (χ2n) is 5.01. The summed E-state index contributed by atoms with van der Waals surface area (Å²) >= 11 is 0. The van der Waals surface area contributed by atoms with Crippen molar-refractivity contribution in [2.45, 2.75) is 18.4 Å². The Morgan fingerprint density at radius 1 is 1.28 bits per heavy atom. The van der Waals surface area contributed by atoms with Crippen LogP contribution in [0.2, 0.25) is 0 Å². The average Bonchev–Trinajstić information content (AvgIpc) is 3.22. The zero-order valence-corrected chi connectivity index (χ0v) is 10.5. The molecule has 1 aromatic rings. The summed E-state index contributed by atoms with van der Waals surface area (Å²) < 4.78 is 10.6. The van der Waals surface area contributed by atoms with Gasteiger partial charge in [-0.15, -0.1) is 0 Å².